The van der Waals surface area contributed by atoms with E-state index >= 15 is 0 Å². The third-order valence-corrected chi connectivity index (χ3v) is 6.66. The number of aryl methyl sites for hydroxylation is 1. The number of hydrogen-bond acceptors (Lipinski definition) is 6. The van der Waals surface area contributed by atoms with Gasteiger partial charge in [-0.1, -0.05) is 23.7 Å². The maximum absolute atomic E-state index is 13.1. The van der Waals surface area contributed by atoms with Crippen molar-refractivity contribution in [2.75, 3.05) is 25.5 Å². The molecule has 1 aromatic heterocycles. The number of nitrogens with one attached hydrogen (secondary N) is 1. The quantitative estimate of drug-likeness (QED) is 0.771. The van der Waals surface area contributed by atoms with Crippen LogP contribution >= 0.6 is 0 Å². The maximum atomic E-state index is 13.1. The first-order chi connectivity index (χ1) is 13.8. The van der Waals surface area contributed by atoms with Crippen LogP contribution in [0.5, 0.6) is 5.75 Å². The third-order valence-electron chi connectivity index (χ3n) is 4.74. The van der Waals surface area contributed by atoms with Gasteiger partial charge in [0, 0.05) is 20.0 Å². The first kappa shape index (κ1) is 21.1. The van der Waals surface area contributed by atoms with E-state index in [4.69, 9.17) is 9.26 Å². The van der Waals surface area contributed by atoms with Gasteiger partial charge in [0.1, 0.15) is 22.0 Å². The van der Waals surface area contributed by atoms with Crippen LogP contribution in [0.15, 0.2) is 27.6 Å². The second kappa shape index (κ2) is 8.79. The van der Waals surface area contributed by atoms with Crippen molar-refractivity contribution < 1.29 is 22.5 Å². The zero-order valence-electron chi connectivity index (χ0n) is 16.8. The van der Waals surface area contributed by atoms with Crippen LogP contribution in [0.1, 0.15) is 43.2 Å². The Morgan fingerprint density at radius 3 is 2.62 bits per heavy atom. The molecule has 0 spiro atoms. The average Bonchev–Trinajstić information content (AvgIpc) is 3.05. The number of benzene rings is 1. The van der Waals surface area contributed by atoms with E-state index in [0.29, 0.717) is 41.5 Å². The van der Waals surface area contributed by atoms with Crippen LogP contribution in [-0.2, 0) is 14.8 Å². The molecule has 1 aliphatic heterocycles. The van der Waals surface area contributed by atoms with E-state index < -0.39 is 10.0 Å². The number of carbonyl (C=O) groups excluding carboxylic acids is 1. The molecular weight excluding hydrogens is 394 g/mol. The molecule has 2 heterocycles. The van der Waals surface area contributed by atoms with E-state index in [2.05, 4.69) is 10.5 Å². The number of nitrogens with zero attached hydrogens (tertiary/aromatic N) is 2. The molecule has 1 N–H and O–H groups in total. The van der Waals surface area contributed by atoms with E-state index in [1.54, 1.807) is 37.3 Å². The summed E-state index contributed by atoms with van der Waals surface area (Å²) in [6.07, 6.45) is 6.11. The zero-order valence-corrected chi connectivity index (χ0v) is 17.6. The zero-order chi connectivity index (χ0) is 21.0. The monoisotopic (exact) mass is 419 g/mol. The fraction of sp³-hybridized carbons (Fsp3) is 0.400. The van der Waals surface area contributed by atoms with Crippen LogP contribution in [0.2, 0.25) is 0 Å². The first-order valence-corrected chi connectivity index (χ1v) is 10.9. The summed E-state index contributed by atoms with van der Waals surface area (Å²) in [6, 6.07) is 4.98. The number of sulfonamides is 1. The van der Waals surface area contributed by atoms with Crippen molar-refractivity contribution in [1.82, 2.24) is 9.46 Å². The largest absolute Gasteiger partial charge is 0.495 e. The highest BCUT2D eigenvalue weighted by Crippen LogP contribution is 2.30. The SMILES string of the molecule is COc1ccc(/C=C\c2onc(C)c2NC(C)=O)cc1S(=O)(=O)N1CCCCC1. The van der Waals surface area contributed by atoms with E-state index in [9.17, 15) is 13.2 Å². The molecule has 29 heavy (non-hydrogen) atoms. The minimum absolute atomic E-state index is 0.139. The molecule has 1 saturated heterocycles. The summed E-state index contributed by atoms with van der Waals surface area (Å²) >= 11 is 0. The van der Waals surface area contributed by atoms with Gasteiger partial charge in [0.15, 0.2) is 5.76 Å². The van der Waals surface area contributed by atoms with Crippen LogP contribution in [0, 0.1) is 6.92 Å². The van der Waals surface area contributed by atoms with Gasteiger partial charge in [0.05, 0.1) is 7.11 Å². The Bertz CT molecular complexity index is 1020. The Morgan fingerprint density at radius 2 is 1.97 bits per heavy atom. The van der Waals surface area contributed by atoms with Gasteiger partial charge < -0.3 is 14.6 Å². The molecule has 0 aliphatic carbocycles. The molecule has 3 rings (SSSR count). The average molecular weight is 420 g/mol. The van der Waals surface area contributed by atoms with Crippen molar-refractivity contribution in [2.45, 2.75) is 38.0 Å². The third kappa shape index (κ3) is 4.68. The van der Waals surface area contributed by atoms with Crippen molar-refractivity contribution in [3.8, 4) is 5.75 Å². The number of amides is 1. The summed E-state index contributed by atoms with van der Waals surface area (Å²) in [6.45, 7) is 4.16. The van der Waals surface area contributed by atoms with Crippen molar-refractivity contribution >= 4 is 33.8 Å². The smallest absolute Gasteiger partial charge is 0.246 e. The van der Waals surface area contributed by atoms with Gasteiger partial charge in [-0.05, 0) is 43.5 Å². The molecule has 0 bridgehead atoms. The summed E-state index contributed by atoms with van der Waals surface area (Å²) in [5.74, 6) is 0.460. The minimum Gasteiger partial charge on any atom is -0.495 e. The number of rotatable bonds is 6. The second-order valence-electron chi connectivity index (χ2n) is 6.90. The summed E-state index contributed by atoms with van der Waals surface area (Å²) in [4.78, 5) is 11.5. The van der Waals surface area contributed by atoms with Gasteiger partial charge in [0.25, 0.3) is 0 Å². The van der Waals surface area contributed by atoms with Crippen LogP contribution in [0.4, 0.5) is 5.69 Å². The molecule has 2 aromatic rings. The highest BCUT2D eigenvalue weighted by molar-refractivity contribution is 7.89. The molecule has 1 aliphatic rings. The Kier molecular flexibility index (Phi) is 6.39. The van der Waals surface area contributed by atoms with Gasteiger partial charge in [-0.3, -0.25) is 4.79 Å². The van der Waals surface area contributed by atoms with Crippen molar-refractivity contribution in [3.63, 3.8) is 0 Å². The number of ether oxygens (including phenoxy) is 1. The molecule has 156 valence electrons. The number of carbonyl (C=O) groups is 1. The van der Waals surface area contributed by atoms with Crippen molar-refractivity contribution in [3.05, 3.63) is 35.2 Å². The molecule has 0 radical (unpaired) electrons. The second-order valence-corrected chi connectivity index (χ2v) is 8.80. The summed E-state index contributed by atoms with van der Waals surface area (Å²) < 4.78 is 38.3. The molecular formula is C20H25N3O5S. The maximum Gasteiger partial charge on any atom is 0.246 e. The van der Waals surface area contributed by atoms with E-state index in [1.807, 2.05) is 0 Å². The van der Waals surface area contributed by atoms with Gasteiger partial charge >= 0.3 is 0 Å². The number of methoxy groups -OCH3 is 1. The summed E-state index contributed by atoms with van der Waals surface area (Å²) in [5.41, 5.74) is 1.70. The lowest BCUT2D eigenvalue weighted by Gasteiger charge is -2.26. The fourth-order valence-electron chi connectivity index (χ4n) is 3.24. The van der Waals surface area contributed by atoms with Gasteiger partial charge in [0.2, 0.25) is 15.9 Å². The molecule has 9 heteroatoms. The minimum atomic E-state index is -3.65. The van der Waals surface area contributed by atoms with Crippen LogP contribution in [0.3, 0.4) is 0 Å². The normalized spacial score (nSPS) is 15.6. The van der Waals surface area contributed by atoms with Gasteiger partial charge in [-0.15, -0.1) is 0 Å². The Labute approximate surface area is 170 Å². The highest BCUT2D eigenvalue weighted by Gasteiger charge is 2.29. The molecule has 0 saturated carbocycles. The molecule has 1 fully saturated rings. The summed E-state index contributed by atoms with van der Waals surface area (Å²) in [5, 5.41) is 6.55. The first-order valence-electron chi connectivity index (χ1n) is 9.43. The topological polar surface area (TPSA) is 102 Å². The van der Waals surface area contributed by atoms with Crippen LogP contribution in [0.25, 0.3) is 12.2 Å². The van der Waals surface area contributed by atoms with E-state index in [-0.39, 0.29) is 10.8 Å². The Morgan fingerprint density at radius 1 is 1.24 bits per heavy atom. The van der Waals surface area contributed by atoms with E-state index in [1.165, 1.54) is 18.3 Å². The number of hydrogen-bond donors (Lipinski definition) is 1. The van der Waals surface area contributed by atoms with Crippen molar-refractivity contribution in [1.29, 1.82) is 0 Å². The lowest BCUT2D eigenvalue weighted by Crippen LogP contribution is -2.35. The Balaban J connectivity index is 1.93. The molecule has 1 amide bonds. The lowest BCUT2D eigenvalue weighted by atomic mass is 10.2. The molecule has 0 unspecified atom stereocenters. The molecule has 1 aromatic carbocycles. The van der Waals surface area contributed by atoms with Crippen LogP contribution < -0.4 is 10.1 Å². The predicted molar refractivity (Wildman–Crippen MR) is 110 cm³/mol. The van der Waals surface area contributed by atoms with Crippen LogP contribution in [-0.4, -0.2) is 44.0 Å². The van der Waals surface area contributed by atoms with Crippen molar-refractivity contribution in [2.24, 2.45) is 0 Å². The number of anilines is 1. The number of aromatic nitrogens is 1. The number of piperidine rings is 1. The lowest BCUT2D eigenvalue weighted by molar-refractivity contribution is -0.114. The Hall–Kier alpha value is -2.65. The molecule has 0 atom stereocenters. The predicted octanol–water partition coefficient (Wildman–Crippen LogP) is 3.30. The standard InChI is InChI=1S/C20H25N3O5S/c1-14-20(21-15(2)24)18(28-22-14)10-8-16-7-9-17(27-3)19(13-16)29(25,26)23-11-5-4-6-12-23/h7-10,13H,4-6,11-12H2,1-3H3,(H,21,24)/b10-8-. The molecule has 8 nitrogen and oxygen atoms in total. The summed E-state index contributed by atoms with van der Waals surface area (Å²) in [7, 11) is -2.19. The highest BCUT2D eigenvalue weighted by atomic mass is 32.2. The fourth-order valence-corrected chi connectivity index (χ4v) is 4.95. The van der Waals surface area contributed by atoms with E-state index in [0.717, 1.165) is 19.3 Å². The van der Waals surface area contributed by atoms with Gasteiger partial charge in [-0.25, -0.2) is 8.42 Å². The van der Waals surface area contributed by atoms with Gasteiger partial charge in [-0.2, -0.15) is 4.31 Å².